The minimum absolute atomic E-state index is 0. The smallest absolute Gasteiger partial charge is 0.243 e. The average molecular weight is 354 g/mol. The molecule has 0 aliphatic heterocycles. The summed E-state index contributed by atoms with van der Waals surface area (Å²) >= 11 is 17.4. The number of benzene rings is 1. The van der Waals surface area contributed by atoms with Crippen LogP contribution in [0, 0.1) is 0 Å². The molecule has 0 unspecified atom stereocenters. The Morgan fingerprint density at radius 2 is 1.72 bits per heavy atom. The number of hydrogen-bond acceptors (Lipinski definition) is 3. The fraction of sp³-hybridized carbons (Fsp3) is 0.333. The van der Waals surface area contributed by atoms with Gasteiger partial charge in [-0.25, -0.2) is 13.1 Å². The highest BCUT2D eigenvalue weighted by molar-refractivity contribution is 7.89. The molecule has 104 valence electrons. The third-order valence-electron chi connectivity index (χ3n) is 1.94. The first-order valence-corrected chi connectivity index (χ1v) is 7.26. The fourth-order valence-corrected chi connectivity index (χ4v) is 3.96. The van der Waals surface area contributed by atoms with Crippen molar-refractivity contribution in [2.24, 2.45) is 5.73 Å². The van der Waals surface area contributed by atoms with Crippen molar-refractivity contribution in [3.05, 3.63) is 27.2 Å². The highest BCUT2D eigenvalue weighted by atomic mass is 35.5. The Hall–Kier alpha value is 0.250. The lowest BCUT2D eigenvalue weighted by molar-refractivity contribution is 0.563. The predicted octanol–water partition coefficient (Wildman–Crippen LogP) is 2.69. The second kappa shape index (κ2) is 7.14. The maximum atomic E-state index is 12.0. The molecule has 9 heteroatoms. The molecule has 0 bridgehead atoms. The molecular weight excluding hydrogens is 342 g/mol. The predicted molar refractivity (Wildman–Crippen MR) is 77.6 cm³/mol. The number of halogens is 4. The van der Waals surface area contributed by atoms with E-state index in [0.29, 0.717) is 0 Å². The number of rotatable bonds is 4. The molecule has 0 heterocycles. The third kappa shape index (κ3) is 4.42. The van der Waals surface area contributed by atoms with Crippen LogP contribution in [0.5, 0.6) is 0 Å². The van der Waals surface area contributed by atoms with Crippen molar-refractivity contribution in [1.29, 1.82) is 0 Å². The first-order valence-electron chi connectivity index (χ1n) is 4.65. The van der Waals surface area contributed by atoms with Gasteiger partial charge in [0.25, 0.3) is 0 Å². The van der Waals surface area contributed by atoms with Crippen LogP contribution in [0.4, 0.5) is 0 Å². The molecule has 1 aromatic carbocycles. The van der Waals surface area contributed by atoms with Crippen molar-refractivity contribution >= 4 is 57.2 Å². The third-order valence-corrected chi connectivity index (χ3v) is 4.67. The first-order chi connectivity index (χ1) is 7.77. The molecule has 1 atom stereocenters. The summed E-state index contributed by atoms with van der Waals surface area (Å²) in [6, 6.07) is 2.22. The molecule has 0 spiro atoms. The molecule has 1 aromatic rings. The summed E-state index contributed by atoms with van der Waals surface area (Å²) < 4.78 is 26.3. The van der Waals surface area contributed by atoms with Gasteiger partial charge in [-0.3, -0.25) is 0 Å². The fourth-order valence-electron chi connectivity index (χ4n) is 1.16. The van der Waals surface area contributed by atoms with Gasteiger partial charge >= 0.3 is 0 Å². The van der Waals surface area contributed by atoms with Gasteiger partial charge in [-0.15, -0.1) is 12.4 Å². The molecule has 0 saturated heterocycles. The standard InChI is InChI=1S/C9H11Cl3N2O2S.ClH/c1-5(4-13)14-17(15,16)9-7(11)2-6(10)3-8(9)12;/h2-3,5,14H,4,13H2,1H3;1H/t5-;/m1./s1. The lowest BCUT2D eigenvalue weighted by atomic mass is 10.4. The zero-order chi connectivity index (χ0) is 13.2. The summed E-state index contributed by atoms with van der Waals surface area (Å²) in [7, 11) is -3.80. The summed E-state index contributed by atoms with van der Waals surface area (Å²) in [4.78, 5) is -0.189. The summed E-state index contributed by atoms with van der Waals surface area (Å²) in [6.45, 7) is 1.80. The first kappa shape index (κ1) is 18.2. The summed E-state index contributed by atoms with van der Waals surface area (Å²) in [5, 5.41) is 0.212. The maximum absolute atomic E-state index is 12.0. The topological polar surface area (TPSA) is 72.2 Å². The van der Waals surface area contributed by atoms with Crippen LogP contribution in [-0.2, 0) is 10.0 Å². The Kier molecular flexibility index (Phi) is 7.24. The molecule has 1 rings (SSSR count). The SMILES string of the molecule is C[C@H](CN)NS(=O)(=O)c1c(Cl)cc(Cl)cc1Cl.Cl. The van der Waals surface area contributed by atoms with E-state index in [9.17, 15) is 8.42 Å². The van der Waals surface area contributed by atoms with E-state index in [1.807, 2.05) is 0 Å². The highest BCUT2D eigenvalue weighted by Gasteiger charge is 2.23. The van der Waals surface area contributed by atoms with Gasteiger partial charge in [0.2, 0.25) is 10.0 Å². The summed E-state index contributed by atoms with van der Waals surface area (Å²) in [5.74, 6) is 0. The van der Waals surface area contributed by atoms with E-state index in [1.54, 1.807) is 6.92 Å². The van der Waals surface area contributed by atoms with Crippen molar-refractivity contribution < 1.29 is 8.42 Å². The van der Waals surface area contributed by atoms with E-state index >= 15 is 0 Å². The number of sulfonamides is 1. The Bertz CT molecular complexity index is 498. The molecular formula is C9H12Cl4N2O2S. The molecule has 18 heavy (non-hydrogen) atoms. The van der Waals surface area contributed by atoms with Crippen molar-refractivity contribution in [1.82, 2.24) is 4.72 Å². The van der Waals surface area contributed by atoms with E-state index < -0.39 is 16.1 Å². The summed E-state index contributed by atoms with van der Waals surface area (Å²) in [5.41, 5.74) is 5.34. The largest absolute Gasteiger partial charge is 0.329 e. The molecule has 3 N–H and O–H groups in total. The van der Waals surface area contributed by atoms with Gasteiger partial charge in [0, 0.05) is 17.6 Å². The van der Waals surface area contributed by atoms with Crippen molar-refractivity contribution in [3.8, 4) is 0 Å². The maximum Gasteiger partial charge on any atom is 0.243 e. The van der Waals surface area contributed by atoms with E-state index in [2.05, 4.69) is 4.72 Å². The minimum atomic E-state index is -3.80. The molecule has 0 aliphatic rings. The zero-order valence-electron chi connectivity index (χ0n) is 9.28. The quantitative estimate of drug-likeness (QED) is 0.873. The van der Waals surface area contributed by atoms with E-state index in [4.69, 9.17) is 40.5 Å². The summed E-state index contributed by atoms with van der Waals surface area (Å²) in [6.07, 6.45) is 0. The van der Waals surface area contributed by atoms with Gasteiger partial charge in [0.1, 0.15) is 4.90 Å². The van der Waals surface area contributed by atoms with Gasteiger partial charge in [-0.05, 0) is 19.1 Å². The Balaban J connectivity index is 0.00000289. The molecule has 0 fully saturated rings. The van der Waals surface area contributed by atoms with Gasteiger partial charge in [-0.2, -0.15) is 0 Å². The molecule has 0 radical (unpaired) electrons. The number of hydrogen-bond donors (Lipinski definition) is 2. The van der Waals surface area contributed by atoms with Crippen LogP contribution in [0.3, 0.4) is 0 Å². The van der Waals surface area contributed by atoms with Crippen LogP contribution in [0.1, 0.15) is 6.92 Å². The molecule has 0 amide bonds. The van der Waals surface area contributed by atoms with E-state index in [1.165, 1.54) is 12.1 Å². The Labute approximate surface area is 127 Å². The monoisotopic (exact) mass is 352 g/mol. The van der Waals surface area contributed by atoms with Crippen molar-refractivity contribution in [3.63, 3.8) is 0 Å². The number of nitrogens with two attached hydrogens (primary N) is 1. The van der Waals surface area contributed by atoms with Gasteiger partial charge in [0.05, 0.1) is 10.0 Å². The van der Waals surface area contributed by atoms with Gasteiger partial charge < -0.3 is 5.73 Å². The second-order valence-corrected chi connectivity index (χ2v) is 6.36. The molecule has 4 nitrogen and oxygen atoms in total. The van der Waals surface area contributed by atoms with Crippen LogP contribution in [0.15, 0.2) is 17.0 Å². The Morgan fingerprint density at radius 1 is 1.28 bits per heavy atom. The van der Waals surface area contributed by atoms with Crippen LogP contribution in [-0.4, -0.2) is 21.0 Å². The van der Waals surface area contributed by atoms with E-state index in [-0.39, 0.29) is 38.9 Å². The van der Waals surface area contributed by atoms with Crippen molar-refractivity contribution in [2.45, 2.75) is 17.9 Å². The van der Waals surface area contributed by atoms with Gasteiger partial charge in [-0.1, -0.05) is 34.8 Å². The van der Waals surface area contributed by atoms with Crippen LogP contribution >= 0.6 is 47.2 Å². The van der Waals surface area contributed by atoms with Crippen LogP contribution < -0.4 is 10.5 Å². The van der Waals surface area contributed by atoms with Crippen molar-refractivity contribution in [2.75, 3.05) is 6.54 Å². The molecule has 0 saturated carbocycles. The normalized spacial score (nSPS) is 12.9. The lowest BCUT2D eigenvalue weighted by Gasteiger charge is -2.14. The van der Waals surface area contributed by atoms with Crippen LogP contribution in [0.2, 0.25) is 15.1 Å². The average Bonchev–Trinajstić information content (AvgIpc) is 2.14. The molecule has 0 aliphatic carbocycles. The minimum Gasteiger partial charge on any atom is -0.329 e. The number of nitrogens with one attached hydrogen (secondary N) is 1. The van der Waals surface area contributed by atoms with Crippen LogP contribution in [0.25, 0.3) is 0 Å². The van der Waals surface area contributed by atoms with Gasteiger partial charge in [0.15, 0.2) is 0 Å². The molecule has 0 aromatic heterocycles. The zero-order valence-corrected chi connectivity index (χ0v) is 13.2. The van der Waals surface area contributed by atoms with E-state index in [0.717, 1.165) is 0 Å². The highest BCUT2D eigenvalue weighted by Crippen LogP contribution is 2.32. The second-order valence-electron chi connectivity index (χ2n) is 3.46. The Morgan fingerprint density at radius 3 is 2.11 bits per heavy atom. The lowest BCUT2D eigenvalue weighted by Crippen LogP contribution is -2.38.